The number of carbonyl (C=O) groups is 1. The molecule has 0 unspecified atom stereocenters. The highest BCUT2D eigenvalue weighted by Gasteiger charge is 2.09. The summed E-state index contributed by atoms with van der Waals surface area (Å²) in [7, 11) is 0. The molecule has 1 heterocycles. The SMILES string of the molecule is Cc1ccc(-c2cc(CC(=O)O)on2)cc1. The molecule has 1 N–H and O–H groups in total. The number of aromatic nitrogens is 1. The first-order chi connectivity index (χ1) is 7.65. The molecule has 2 aromatic rings. The van der Waals surface area contributed by atoms with Crippen molar-refractivity contribution in [3.8, 4) is 11.3 Å². The number of benzene rings is 1. The van der Waals surface area contributed by atoms with Crippen molar-refractivity contribution in [3.63, 3.8) is 0 Å². The topological polar surface area (TPSA) is 63.3 Å². The minimum absolute atomic E-state index is 0.140. The molecule has 0 spiro atoms. The first kappa shape index (κ1) is 10.4. The lowest BCUT2D eigenvalue weighted by Gasteiger charge is -1.95. The van der Waals surface area contributed by atoms with Crippen LogP contribution in [0.5, 0.6) is 0 Å². The third-order valence-electron chi connectivity index (χ3n) is 2.23. The lowest BCUT2D eigenvalue weighted by molar-refractivity contribution is -0.136. The minimum Gasteiger partial charge on any atom is -0.481 e. The maximum atomic E-state index is 10.5. The maximum Gasteiger partial charge on any atom is 0.311 e. The summed E-state index contributed by atoms with van der Waals surface area (Å²) in [5, 5.41) is 12.4. The maximum absolute atomic E-state index is 10.5. The van der Waals surface area contributed by atoms with E-state index in [4.69, 9.17) is 9.63 Å². The van der Waals surface area contributed by atoms with Crippen LogP contribution < -0.4 is 0 Å². The largest absolute Gasteiger partial charge is 0.481 e. The van der Waals surface area contributed by atoms with E-state index in [1.54, 1.807) is 6.07 Å². The molecule has 4 nitrogen and oxygen atoms in total. The van der Waals surface area contributed by atoms with Gasteiger partial charge in [0.2, 0.25) is 0 Å². The lowest BCUT2D eigenvalue weighted by atomic mass is 10.1. The van der Waals surface area contributed by atoms with Crippen LogP contribution in [0.1, 0.15) is 11.3 Å². The third-order valence-corrected chi connectivity index (χ3v) is 2.23. The Balaban J connectivity index is 2.24. The van der Waals surface area contributed by atoms with Crippen molar-refractivity contribution >= 4 is 5.97 Å². The Morgan fingerprint density at radius 2 is 2.06 bits per heavy atom. The number of carboxylic acid groups (broad SMARTS) is 1. The smallest absolute Gasteiger partial charge is 0.311 e. The van der Waals surface area contributed by atoms with E-state index in [0.717, 1.165) is 11.1 Å². The number of rotatable bonds is 3. The molecule has 82 valence electrons. The summed E-state index contributed by atoms with van der Waals surface area (Å²) >= 11 is 0. The average Bonchev–Trinajstić information content (AvgIpc) is 2.66. The van der Waals surface area contributed by atoms with Crippen LogP contribution in [0.2, 0.25) is 0 Å². The van der Waals surface area contributed by atoms with Crippen LogP contribution in [0, 0.1) is 6.92 Å². The molecule has 0 saturated carbocycles. The summed E-state index contributed by atoms with van der Waals surface area (Å²) in [5.41, 5.74) is 2.75. The van der Waals surface area contributed by atoms with Gasteiger partial charge in [-0.2, -0.15) is 0 Å². The second-order valence-electron chi connectivity index (χ2n) is 3.62. The van der Waals surface area contributed by atoms with E-state index in [1.165, 1.54) is 0 Å². The van der Waals surface area contributed by atoms with E-state index in [0.29, 0.717) is 11.5 Å². The summed E-state index contributed by atoms with van der Waals surface area (Å²) in [4.78, 5) is 10.5. The van der Waals surface area contributed by atoms with E-state index in [-0.39, 0.29) is 6.42 Å². The highest BCUT2D eigenvalue weighted by Crippen LogP contribution is 2.19. The number of hydrogen-bond acceptors (Lipinski definition) is 3. The predicted octanol–water partition coefficient (Wildman–Crippen LogP) is 2.28. The molecule has 1 aromatic heterocycles. The van der Waals surface area contributed by atoms with Gasteiger partial charge in [0.25, 0.3) is 0 Å². The molecule has 2 rings (SSSR count). The number of nitrogens with zero attached hydrogens (tertiary/aromatic N) is 1. The highest BCUT2D eigenvalue weighted by molar-refractivity contribution is 5.70. The van der Waals surface area contributed by atoms with Gasteiger partial charge in [-0.1, -0.05) is 35.0 Å². The molecule has 16 heavy (non-hydrogen) atoms. The molecule has 0 fully saturated rings. The van der Waals surface area contributed by atoms with E-state index in [2.05, 4.69) is 5.16 Å². The first-order valence-electron chi connectivity index (χ1n) is 4.89. The molecule has 0 saturated heterocycles. The zero-order chi connectivity index (χ0) is 11.5. The summed E-state index contributed by atoms with van der Waals surface area (Å²) in [6.45, 7) is 2.00. The summed E-state index contributed by atoms with van der Waals surface area (Å²) in [5.74, 6) is -0.560. The first-order valence-corrected chi connectivity index (χ1v) is 4.89. The molecule has 0 atom stereocenters. The van der Waals surface area contributed by atoms with E-state index in [1.807, 2.05) is 31.2 Å². The molecule has 4 heteroatoms. The van der Waals surface area contributed by atoms with Crippen LogP contribution in [0.15, 0.2) is 34.9 Å². The van der Waals surface area contributed by atoms with Crippen LogP contribution >= 0.6 is 0 Å². The van der Waals surface area contributed by atoms with Gasteiger partial charge in [0.05, 0.1) is 0 Å². The van der Waals surface area contributed by atoms with Gasteiger partial charge in [-0.15, -0.1) is 0 Å². The van der Waals surface area contributed by atoms with Gasteiger partial charge in [0.1, 0.15) is 17.9 Å². The van der Waals surface area contributed by atoms with Gasteiger partial charge in [-0.25, -0.2) is 0 Å². The van der Waals surface area contributed by atoms with Gasteiger partial charge in [-0.3, -0.25) is 4.79 Å². The van der Waals surface area contributed by atoms with Gasteiger partial charge >= 0.3 is 5.97 Å². The van der Waals surface area contributed by atoms with Crippen molar-refractivity contribution in [2.24, 2.45) is 0 Å². The Morgan fingerprint density at radius 3 is 2.69 bits per heavy atom. The van der Waals surface area contributed by atoms with Crippen molar-refractivity contribution in [2.45, 2.75) is 13.3 Å². The van der Waals surface area contributed by atoms with Crippen LogP contribution in [-0.4, -0.2) is 16.2 Å². The minimum atomic E-state index is -0.924. The number of aryl methyl sites for hydroxylation is 1. The molecule has 0 bridgehead atoms. The standard InChI is InChI=1S/C12H11NO3/c1-8-2-4-9(5-3-8)11-6-10(16-13-11)7-12(14)15/h2-6H,7H2,1H3,(H,14,15). The molecule has 0 aliphatic carbocycles. The Morgan fingerprint density at radius 1 is 1.38 bits per heavy atom. The Bertz CT molecular complexity index is 499. The lowest BCUT2D eigenvalue weighted by Crippen LogP contribution is -1.97. The molecule has 0 amide bonds. The van der Waals surface area contributed by atoms with Crippen LogP contribution in [0.25, 0.3) is 11.3 Å². The van der Waals surface area contributed by atoms with Gasteiger partial charge in [-0.05, 0) is 6.92 Å². The molecular formula is C12H11NO3. The van der Waals surface area contributed by atoms with E-state index >= 15 is 0 Å². The number of carboxylic acids is 1. The highest BCUT2D eigenvalue weighted by atomic mass is 16.5. The number of aliphatic carboxylic acids is 1. The second kappa shape index (κ2) is 4.18. The molecule has 0 radical (unpaired) electrons. The fourth-order valence-electron chi connectivity index (χ4n) is 1.41. The Kier molecular flexibility index (Phi) is 2.72. The quantitative estimate of drug-likeness (QED) is 0.856. The summed E-state index contributed by atoms with van der Waals surface area (Å²) < 4.78 is 4.93. The van der Waals surface area contributed by atoms with Crippen molar-refractivity contribution < 1.29 is 14.4 Å². The second-order valence-corrected chi connectivity index (χ2v) is 3.62. The van der Waals surface area contributed by atoms with Gasteiger partial charge < -0.3 is 9.63 Å². The summed E-state index contributed by atoms with van der Waals surface area (Å²) in [6.07, 6.45) is -0.140. The van der Waals surface area contributed by atoms with E-state index < -0.39 is 5.97 Å². The fourth-order valence-corrected chi connectivity index (χ4v) is 1.41. The van der Waals surface area contributed by atoms with Crippen molar-refractivity contribution in [2.75, 3.05) is 0 Å². The van der Waals surface area contributed by atoms with Crippen molar-refractivity contribution in [3.05, 3.63) is 41.7 Å². The molecular weight excluding hydrogens is 206 g/mol. The Hall–Kier alpha value is -2.10. The normalized spacial score (nSPS) is 10.3. The van der Waals surface area contributed by atoms with Crippen molar-refractivity contribution in [1.82, 2.24) is 5.16 Å². The molecule has 0 aliphatic heterocycles. The van der Waals surface area contributed by atoms with Gasteiger partial charge in [0, 0.05) is 11.6 Å². The van der Waals surface area contributed by atoms with Crippen LogP contribution in [-0.2, 0) is 11.2 Å². The zero-order valence-corrected chi connectivity index (χ0v) is 8.80. The molecule has 0 aliphatic rings. The third kappa shape index (κ3) is 2.28. The van der Waals surface area contributed by atoms with Crippen molar-refractivity contribution in [1.29, 1.82) is 0 Å². The van der Waals surface area contributed by atoms with E-state index in [9.17, 15) is 4.79 Å². The van der Waals surface area contributed by atoms with Crippen LogP contribution in [0.3, 0.4) is 0 Å². The Labute approximate surface area is 92.5 Å². The van der Waals surface area contributed by atoms with Crippen LogP contribution in [0.4, 0.5) is 0 Å². The molecule has 1 aromatic carbocycles. The summed E-state index contributed by atoms with van der Waals surface area (Å²) in [6, 6.07) is 9.45. The average molecular weight is 217 g/mol. The fraction of sp³-hybridized carbons (Fsp3) is 0.167. The van der Waals surface area contributed by atoms with Gasteiger partial charge in [0.15, 0.2) is 0 Å². The number of hydrogen-bond donors (Lipinski definition) is 1. The monoisotopic (exact) mass is 217 g/mol. The zero-order valence-electron chi connectivity index (χ0n) is 8.80. The predicted molar refractivity (Wildman–Crippen MR) is 58.0 cm³/mol.